The molecule has 2 aromatic carbocycles. The van der Waals surface area contributed by atoms with Crippen molar-refractivity contribution in [1.29, 1.82) is 0 Å². The van der Waals surface area contributed by atoms with E-state index in [1.165, 1.54) is 33.9 Å². The zero-order chi connectivity index (χ0) is 23.4. The number of nitrogens with zero attached hydrogens (tertiary/aromatic N) is 3. The highest BCUT2D eigenvalue weighted by molar-refractivity contribution is 7.94. The molecule has 1 aliphatic heterocycles. The van der Waals surface area contributed by atoms with E-state index in [1.807, 2.05) is 4.90 Å². The molecular weight excluding hydrogens is 458 g/mol. The van der Waals surface area contributed by atoms with Crippen LogP contribution in [0, 0.1) is 6.92 Å². The Hall–Kier alpha value is -3.04. The minimum atomic E-state index is -3.58. The van der Waals surface area contributed by atoms with Gasteiger partial charge in [-0.05, 0) is 60.3 Å². The average Bonchev–Trinajstić information content (AvgIpc) is 3.39. The Morgan fingerprint density at radius 3 is 2.39 bits per heavy atom. The molecule has 1 aliphatic rings. The molecule has 0 spiro atoms. The zero-order valence-corrected chi connectivity index (χ0v) is 20.3. The number of aryl methyl sites for hydroxylation is 1. The van der Waals surface area contributed by atoms with Crippen molar-refractivity contribution < 1.29 is 17.9 Å². The van der Waals surface area contributed by atoms with E-state index in [1.54, 1.807) is 41.8 Å². The van der Waals surface area contributed by atoms with Crippen molar-refractivity contribution in [2.75, 3.05) is 49.0 Å². The van der Waals surface area contributed by atoms with Gasteiger partial charge in [0.2, 0.25) is 0 Å². The zero-order valence-electron chi connectivity index (χ0n) is 18.7. The largest absolute Gasteiger partial charge is 0.484 e. The molecule has 0 unspecified atom stereocenters. The van der Waals surface area contributed by atoms with Gasteiger partial charge in [-0.3, -0.25) is 9.10 Å². The van der Waals surface area contributed by atoms with E-state index in [2.05, 4.69) is 36.1 Å². The second-order valence-electron chi connectivity index (χ2n) is 7.89. The van der Waals surface area contributed by atoms with Gasteiger partial charge in [-0.15, -0.1) is 11.3 Å². The Kier molecular flexibility index (Phi) is 6.90. The summed E-state index contributed by atoms with van der Waals surface area (Å²) in [5.74, 6) is 0.466. The molecule has 0 bridgehead atoms. The summed E-state index contributed by atoms with van der Waals surface area (Å²) in [6.45, 7) is 4.91. The summed E-state index contributed by atoms with van der Waals surface area (Å²) in [4.78, 5) is 16.7. The van der Waals surface area contributed by atoms with Crippen LogP contribution in [0.2, 0.25) is 0 Å². The number of anilines is 2. The predicted molar refractivity (Wildman–Crippen MR) is 132 cm³/mol. The van der Waals surface area contributed by atoms with Crippen molar-refractivity contribution >= 4 is 38.6 Å². The Morgan fingerprint density at radius 2 is 1.76 bits per heavy atom. The standard InChI is InChI=1S/C24H27N3O4S2/c1-19-5-3-6-21(17-19)26-12-14-27(15-13-26)23(28)18-31-22-10-8-20(9-11-22)25(2)33(29,30)24-7-4-16-32-24/h3-11,16-17H,12-15,18H2,1-2H3. The maximum absolute atomic E-state index is 12.7. The highest BCUT2D eigenvalue weighted by Gasteiger charge is 2.23. The molecule has 1 fully saturated rings. The first-order valence-electron chi connectivity index (χ1n) is 10.7. The minimum Gasteiger partial charge on any atom is -0.484 e. The Labute approximate surface area is 198 Å². The van der Waals surface area contributed by atoms with Crippen LogP contribution < -0.4 is 13.9 Å². The summed E-state index contributed by atoms with van der Waals surface area (Å²) in [6.07, 6.45) is 0. The van der Waals surface area contributed by atoms with E-state index in [4.69, 9.17) is 4.74 Å². The lowest BCUT2D eigenvalue weighted by atomic mass is 10.2. The molecule has 9 heteroatoms. The van der Waals surface area contributed by atoms with Crippen LogP contribution in [-0.2, 0) is 14.8 Å². The van der Waals surface area contributed by atoms with Gasteiger partial charge in [0.05, 0.1) is 5.69 Å². The molecule has 1 saturated heterocycles. The topological polar surface area (TPSA) is 70.2 Å². The fourth-order valence-corrected chi connectivity index (χ4v) is 6.07. The molecule has 3 aromatic rings. The molecule has 0 aliphatic carbocycles. The van der Waals surface area contributed by atoms with Crippen molar-refractivity contribution in [1.82, 2.24) is 4.90 Å². The molecular formula is C24H27N3O4S2. The third kappa shape index (κ3) is 5.31. The lowest BCUT2D eigenvalue weighted by molar-refractivity contribution is -0.133. The van der Waals surface area contributed by atoms with E-state index in [0.29, 0.717) is 28.7 Å². The lowest BCUT2D eigenvalue weighted by Gasteiger charge is -2.36. The van der Waals surface area contributed by atoms with Crippen molar-refractivity contribution in [3.63, 3.8) is 0 Å². The van der Waals surface area contributed by atoms with Crippen molar-refractivity contribution in [2.24, 2.45) is 0 Å². The maximum atomic E-state index is 12.7. The Morgan fingerprint density at radius 1 is 1.03 bits per heavy atom. The predicted octanol–water partition coefficient (Wildman–Crippen LogP) is 3.61. The van der Waals surface area contributed by atoms with Crippen molar-refractivity contribution in [3.05, 3.63) is 71.6 Å². The summed E-state index contributed by atoms with van der Waals surface area (Å²) in [6, 6.07) is 18.4. The van der Waals surface area contributed by atoms with Gasteiger partial charge in [-0.25, -0.2) is 8.42 Å². The molecule has 7 nitrogen and oxygen atoms in total. The first-order valence-corrected chi connectivity index (χ1v) is 13.0. The number of carbonyl (C=O) groups excluding carboxylic acids is 1. The fraction of sp³-hybridized carbons (Fsp3) is 0.292. The molecule has 0 radical (unpaired) electrons. The highest BCUT2D eigenvalue weighted by Crippen LogP contribution is 2.26. The molecule has 4 rings (SSSR count). The smallest absolute Gasteiger partial charge is 0.273 e. The first kappa shape index (κ1) is 23.1. The SMILES string of the molecule is Cc1cccc(N2CCN(C(=O)COc3ccc(N(C)S(=O)(=O)c4cccs4)cc3)CC2)c1. The number of thiophene rings is 1. The van der Waals surface area contributed by atoms with Gasteiger partial charge in [0, 0.05) is 38.9 Å². The number of sulfonamides is 1. The third-order valence-electron chi connectivity index (χ3n) is 5.67. The summed E-state index contributed by atoms with van der Waals surface area (Å²) < 4.78 is 32.5. The van der Waals surface area contributed by atoms with Crippen LogP contribution >= 0.6 is 11.3 Å². The maximum Gasteiger partial charge on any atom is 0.273 e. The number of rotatable bonds is 7. The molecule has 2 heterocycles. The first-order chi connectivity index (χ1) is 15.8. The van der Waals surface area contributed by atoms with Gasteiger partial charge < -0.3 is 14.5 Å². The number of hydrogen-bond donors (Lipinski definition) is 0. The van der Waals surface area contributed by atoms with E-state index in [9.17, 15) is 13.2 Å². The van der Waals surface area contributed by atoms with Crippen molar-refractivity contribution in [3.8, 4) is 5.75 Å². The highest BCUT2D eigenvalue weighted by atomic mass is 32.2. The van der Waals surface area contributed by atoms with Crippen LogP contribution in [0.5, 0.6) is 5.75 Å². The summed E-state index contributed by atoms with van der Waals surface area (Å²) >= 11 is 1.18. The molecule has 0 N–H and O–H groups in total. The second kappa shape index (κ2) is 9.84. The molecule has 0 atom stereocenters. The van der Waals surface area contributed by atoms with Crippen molar-refractivity contribution in [2.45, 2.75) is 11.1 Å². The Balaban J connectivity index is 1.28. The van der Waals surface area contributed by atoms with Crippen LogP contribution in [0.4, 0.5) is 11.4 Å². The number of amides is 1. The van der Waals surface area contributed by atoms with Gasteiger partial charge in [-0.1, -0.05) is 18.2 Å². The van der Waals surface area contributed by atoms with E-state index < -0.39 is 10.0 Å². The number of carbonyl (C=O) groups is 1. The number of ether oxygens (including phenoxy) is 1. The minimum absolute atomic E-state index is 0.0485. The normalized spacial score (nSPS) is 14.2. The number of piperazine rings is 1. The molecule has 1 amide bonds. The van der Waals surface area contributed by atoms with Crippen LogP contribution in [0.1, 0.15) is 5.56 Å². The van der Waals surface area contributed by atoms with Gasteiger partial charge in [0.25, 0.3) is 15.9 Å². The molecule has 1 aromatic heterocycles. The molecule has 174 valence electrons. The van der Waals surface area contributed by atoms with Gasteiger partial charge in [-0.2, -0.15) is 0 Å². The summed E-state index contributed by atoms with van der Waals surface area (Å²) in [5.41, 5.74) is 2.93. The molecule has 33 heavy (non-hydrogen) atoms. The van der Waals surface area contributed by atoms with Crippen LogP contribution in [-0.4, -0.2) is 59.1 Å². The Bertz CT molecular complexity index is 1190. The second-order valence-corrected chi connectivity index (χ2v) is 11.0. The summed E-state index contributed by atoms with van der Waals surface area (Å²) in [7, 11) is -2.06. The lowest BCUT2D eigenvalue weighted by Crippen LogP contribution is -2.50. The average molecular weight is 486 g/mol. The van der Waals surface area contributed by atoms with Crippen LogP contribution in [0.3, 0.4) is 0 Å². The third-order valence-corrected chi connectivity index (χ3v) is 8.83. The monoisotopic (exact) mass is 485 g/mol. The van der Waals surface area contributed by atoms with Crippen LogP contribution in [0.15, 0.2) is 70.3 Å². The quantitative estimate of drug-likeness (QED) is 0.511. The van der Waals surface area contributed by atoms with E-state index in [0.717, 1.165) is 13.1 Å². The van der Waals surface area contributed by atoms with Gasteiger partial charge >= 0.3 is 0 Å². The van der Waals surface area contributed by atoms with Crippen LogP contribution in [0.25, 0.3) is 0 Å². The van der Waals surface area contributed by atoms with E-state index in [-0.39, 0.29) is 12.5 Å². The van der Waals surface area contributed by atoms with Gasteiger partial charge in [0.15, 0.2) is 6.61 Å². The molecule has 0 saturated carbocycles. The number of benzene rings is 2. The van der Waals surface area contributed by atoms with Gasteiger partial charge in [0.1, 0.15) is 9.96 Å². The van der Waals surface area contributed by atoms with E-state index >= 15 is 0 Å². The summed E-state index contributed by atoms with van der Waals surface area (Å²) in [5, 5.41) is 1.73. The number of hydrogen-bond acceptors (Lipinski definition) is 6. The fourth-order valence-electron chi connectivity index (χ4n) is 3.71.